The fourth-order valence-electron chi connectivity index (χ4n) is 2.44. The van der Waals surface area contributed by atoms with Crippen molar-refractivity contribution in [3.8, 4) is 6.07 Å². The Morgan fingerprint density at radius 3 is 2.65 bits per heavy atom. The highest BCUT2D eigenvalue weighted by Gasteiger charge is 2.48. The minimum atomic E-state index is -3.76. The van der Waals surface area contributed by atoms with E-state index in [1.54, 1.807) is 0 Å². The van der Waals surface area contributed by atoms with Crippen molar-refractivity contribution in [1.29, 1.82) is 5.26 Å². The molecule has 1 aromatic rings. The molecule has 0 saturated carbocycles. The Morgan fingerprint density at radius 2 is 2.08 bits per heavy atom. The third-order valence-corrected chi connectivity index (χ3v) is 4.30. The molecule has 26 heavy (non-hydrogen) atoms. The van der Waals surface area contributed by atoms with Gasteiger partial charge in [0.15, 0.2) is 0 Å². The van der Waals surface area contributed by atoms with Crippen LogP contribution in [0.1, 0.15) is 5.56 Å². The van der Waals surface area contributed by atoms with Gasteiger partial charge in [-0.25, -0.2) is 4.79 Å². The van der Waals surface area contributed by atoms with Crippen LogP contribution in [0.5, 0.6) is 0 Å². The van der Waals surface area contributed by atoms with Crippen molar-refractivity contribution < 1.29 is 27.0 Å². The summed E-state index contributed by atoms with van der Waals surface area (Å²) >= 11 is 0. The first-order valence-electron chi connectivity index (χ1n) is 7.61. The number of rotatable bonds is 6. The molecular formula is C16H19N3O6S. The first-order chi connectivity index (χ1) is 12.3. The van der Waals surface area contributed by atoms with E-state index in [0.29, 0.717) is 0 Å². The summed E-state index contributed by atoms with van der Waals surface area (Å²) in [6.45, 7) is -0.531. The van der Waals surface area contributed by atoms with Crippen molar-refractivity contribution in [2.24, 2.45) is 10.6 Å². The van der Waals surface area contributed by atoms with Crippen molar-refractivity contribution in [2.75, 3.05) is 33.1 Å². The molecule has 1 heterocycles. The number of nitrogens with zero attached hydrogens (tertiary/aromatic N) is 3. The lowest BCUT2D eigenvalue weighted by molar-refractivity contribution is 0.0993. The van der Waals surface area contributed by atoms with E-state index in [0.717, 1.165) is 11.8 Å². The smallest absolute Gasteiger partial charge is 0.410 e. The second-order valence-electron chi connectivity index (χ2n) is 5.78. The second kappa shape index (κ2) is 8.16. The average molecular weight is 381 g/mol. The second-order valence-corrected chi connectivity index (χ2v) is 7.42. The van der Waals surface area contributed by atoms with Crippen LogP contribution in [0.2, 0.25) is 0 Å². The van der Waals surface area contributed by atoms with Gasteiger partial charge in [0.1, 0.15) is 24.8 Å². The molecule has 0 aliphatic carbocycles. The molecule has 1 aromatic carbocycles. The van der Waals surface area contributed by atoms with Crippen molar-refractivity contribution in [2.45, 2.75) is 6.61 Å². The monoisotopic (exact) mass is 381 g/mol. The molecule has 10 heteroatoms. The van der Waals surface area contributed by atoms with Gasteiger partial charge in [0, 0.05) is 0 Å². The van der Waals surface area contributed by atoms with Crippen molar-refractivity contribution in [3.63, 3.8) is 0 Å². The summed E-state index contributed by atoms with van der Waals surface area (Å²) in [5.74, 6) is 0. The average Bonchev–Trinajstić information content (AvgIpc) is 2.98. The topological polar surface area (TPSA) is 118 Å². The molecule has 0 bridgehead atoms. The fraction of sp³-hybridized carbons (Fsp3) is 0.438. The predicted octanol–water partition coefficient (Wildman–Crippen LogP) is 1.13. The van der Waals surface area contributed by atoms with Gasteiger partial charge in [0.2, 0.25) is 0 Å². The van der Waals surface area contributed by atoms with Crippen LogP contribution in [0.15, 0.2) is 35.5 Å². The van der Waals surface area contributed by atoms with Gasteiger partial charge in [-0.15, -0.1) is 0 Å². The van der Waals surface area contributed by atoms with Gasteiger partial charge in [0.25, 0.3) is 10.1 Å². The Bertz CT molecular complexity index is 818. The maximum atomic E-state index is 12.3. The Hall–Kier alpha value is -2.64. The number of benzene rings is 1. The van der Waals surface area contributed by atoms with Crippen LogP contribution >= 0.6 is 0 Å². The summed E-state index contributed by atoms with van der Waals surface area (Å²) in [4.78, 5) is 18.3. The number of carbonyl (C=O) groups excluding carboxylic acids is 1. The number of hydrogen-bond acceptors (Lipinski definition) is 8. The third-order valence-electron chi connectivity index (χ3n) is 3.75. The summed E-state index contributed by atoms with van der Waals surface area (Å²) in [5.41, 5.74) is -0.411. The van der Waals surface area contributed by atoms with E-state index in [-0.39, 0.29) is 25.4 Å². The molecule has 1 saturated heterocycles. The largest absolute Gasteiger partial charge is 0.445 e. The van der Waals surface area contributed by atoms with E-state index in [9.17, 15) is 18.5 Å². The Kier molecular flexibility index (Phi) is 6.18. The predicted molar refractivity (Wildman–Crippen MR) is 91.5 cm³/mol. The molecule has 140 valence electrons. The van der Waals surface area contributed by atoms with Gasteiger partial charge in [-0.2, -0.15) is 13.7 Å². The standard InChI is InChI=1S/C16H19N3O6S/c1-23-18-14-8-19(11-16(14,10-17)12-25-26(2,21)22)15(20)24-9-13-6-4-3-5-7-13/h3-7H,8-9,11-12H2,1-2H3. The maximum absolute atomic E-state index is 12.3. The number of ether oxygens (including phenoxy) is 1. The summed E-state index contributed by atoms with van der Waals surface area (Å²) in [6.07, 6.45) is 0.237. The molecular weight excluding hydrogens is 362 g/mol. The van der Waals surface area contributed by atoms with E-state index < -0.39 is 28.2 Å². The van der Waals surface area contributed by atoms with Crippen molar-refractivity contribution in [3.05, 3.63) is 35.9 Å². The Balaban J connectivity index is 2.10. The van der Waals surface area contributed by atoms with Gasteiger partial charge >= 0.3 is 6.09 Å². The lowest BCUT2D eigenvalue weighted by Gasteiger charge is -2.20. The summed E-state index contributed by atoms with van der Waals surface area (Å²) < 4.78 is 32.6. The van der Waals surface area contributed by atoms with E-state index in [1.807, 2.05) is 36.4 Å². The Morgan fingerprint density at radius 1 is 1.38 bits per heavy atom. The number of nitriles is 1. The molecule has 1 aliphatic heterocycles. The maximum Gasteiger partial charge on any atom is 0.410 e. The zero-order valence-electron chi connectivity index (χ0n) is 14.4. The zero-order valence-corrected chi connectivity index (χ0v) is 15.2. The van der Waals surface area contributed by atoms with Crippen LogP contribution in [-0.2, 0) is 30.5 Å². The number of amides is 1. The van der Waals surface area contributed by atoms with Crippen LogP contribution in [0, 0.1) is 16.7 Å². The minimum absolute atomic E-state index is 0.0256. The van der Waals surface area contributed by atoms with Crippen LogP contribution in [0.4, 0.5) is 4.79 Å². The van der Waals surface area contributed by atoms with E-state index in [1.165, 1.54) is 12.0 Å². The first kappa shape index (κ1) is 19.7. The lowest BCUT2D eigenvalue weighted by atomic mass is 9.88. The summed E-state index contributed by atoms with van der Waals surface area (Å²) in [7, 11) is -2.47. The lowest BCUT2D eigenvalue weighted by Crippen LogP contribution is -2.36. The quantitative estimate of drug-likeness (QED) is 0.535. The van der Waals surface area contributed by atoms with E-state index in [2.05, 4.69) is 5.16 Å². The Labute approximate surface area is 151 Å². The SMILES string of the molecule is CON=C1CN(C(=O)OCc2ccccc2)CC1(C#N)COS(C)(=O)=O. The number of hydrogen-bond donors (Lipinski definition) is 0. The molecule has 1 atom stereocenters. The van der Waals surface area contributed by atoms with Crippen molar-refractivity contribution in [1.82, 2.24) is 4.90 Å². The third kappa shape index (κ3) is 4.93. The molecule has 0 aromatic heterocycles. The molecule has 9 nitrogen and oxygen atoms in total. The van der Waals surface area contributed by atoms with Crippen LogP contribution in [0.25, 0.3) is 0 Å². The highest BCUT2D eigenvalue weighted by atomic mass is 32.2. The zero-order chi connectivity index (χ0) is 19.2. The molecule has 1 amide bonds. The minimum Gasteiger partial charge on any atom is -0.445 e. The molecule has 1 unspecified atom stereocenters. The van der Waals surface area contributed by atoms with Gasteiger partial charge < -0.3 is 14.5 Å². The number of likely N-dealkylation sites (tertiary alicyclic amines) is 1. The highest BCUT2D eigenvalue weighted by molar-refractivity contribution is 7.85. The van der Waals surface area contributed by atoms with Crippen molar-refractivity contribution >= 4 is 21.9 Å². The van der Waals surface area contributed by atoms with E-state index in [4.69, 9.17) is 13.8 Å². The molecule has 1 aliphatic rings. The summed E-state index contributed by atoms with van der Waals surface area (Å²) in [5, 5.41) is 13.3. The molecule has 0 radical (unpaired) electrons. The fourth-order valence-corrected chi connectivity index (χ4v) is 2.86. The van der Waals surface area contributed by atoms with Gasteiger partial charge in [-0.1, -0.05) is 35.5 Å². The van der Waals surface area contributed by atoms with E-state index >= 15 is 0 Å². The molecule has 0 N–H and O–H groups in total. The van der Waals surface area contributed by atoms with Gasteiger partial charge in [0.05, 0.1) is 32.0 Å². The molecule has 0 spiro atoms. The van der Waals surface area contributed by atoms with Gasteiger partial charge in [-0.3, -0.25) is 4.18 Å². The molecule has 2 rings (SSSR count). The normalized spacial score (nSPS) is 21.4. The number of oxime groups is 1. The van der Waals surface area contributed by atoms with Gasteiger partial charge in [-0.05, 0) is 5.56 Å². The van der Waals surface area contributed by atoms with Crippen LogP contribution in [-0.4, -0.2) is 58.2 Å². The van der Waals surface area contributed by atoms with Crippen LogP contribution < -0.4 is 0 Å². The highest BCUT2D eigenvalue weighted by Crippen LogP contribution is 2.29. The number of carbonyl (C=O) groups is 1. The first-order valence-corrected chi connectivity index (χ1v) is 9.43. The molecule has 1 fully saturated rings. The van der Waals surface area contributed by atoms with Crippen LogP contribution in [0.3, 0.4) is 0 Å². The summed E-state index contributed by atoms with van der Waals surface area (Å²) in [6, 6.07) is 11.1.